The summed E-state index contributed by atoms with van der Waals surface area (Å²) >= 11 is 5.86. The van der Waals surface area contributed by atoms with Crippen molar-refractivity contribution < 1.29 is 13.2 Å². The van der Waals surface area contributed by atoms with Gasteiger partial charge >= 0.3 is 0 Å². The standard InChI is InChI=1S/C19H20ClN5O3S/c20-15-3-5-16(6-4-15)29(26,27)24-10-9-13(11-24)12-28-18-8-7-17-21-22-19(14-1-2-14)25(17)23-18/h3-8,13-14H,1-2,9-12H2. The Balaban J connectivity index is 1.24. The van der Waals surface area contributed by atoms with Crippen molar-refractivity contribution in [2.45, 2.75) is 30.1 Å². The fourth-order valence-corrected chi connectivity index (χ4v) is 5.23. The van der Waals surface area contributed by atoms with Gasteiger partial charge in [0.1, 0.15) is 0 Å². The van der Waals surface area contributed by atoms with E-state index in [1.54, 1.807) is 22.7 Å². The number of sulfonamides is 1. The minimum atomic E-state index is -3.52. The second kappa shape index (κ2) is 7.23. The normalized spacial score (nSPS) is 20.4. The summed E-state index contributed by atoms with van der Waals surface area (Å²) in [5, 5.41) is 13.4. The lowest BCUT2D eigenvalue weighted by Gasteiger charge is -2.17. The fraction of sp³-hybridized carbons (Fsp3) is 0.421. The highest BCUT2D eigenvalue weighted by molar-refractivity contribution is 7.89. The summed E-state index contributed by atoms with van der Waals surface area (Å²) in [7, 11) is -3.52. The molecule has 152 valence electrons. The first kappa shape index (κ1) is 18.8. The molecule has 0 radical (unpaired) electrons. The molecule has 1 aliphatic carbocycles. The van der Waals surface area contributed by atoms with Gasteiger partial charge in [-0.2, -0.15) is 8.82 Å². The number of fused-ring (bicyclic) bond motifs is 1. The number of halogens is 1. The smallest absolute Gasteiger partial charge is 0.243 e. The van der Waals surface area contributed by atoms with Crippen molar-refractivity contribution in [2.75, 3.05) is 19.7 Å². The Morgan fingerprint density at radius 3 is 2.62 bits per heavy atom. The molecule has 5 rings (SSSR count). The lowest BCUT2D eigenvalue weighted by molar-refractivity contribution is 0.243. The zero-order valence-corrected chi connectivity index (χ0v) is 17.2. The van der Waals surface area contributed by atoms with Gasteiger partial charge in [0, 0.05) is 36.0 Å². The first-order valence-corrected chi connectivity index (χ1v) is 11.4. The van der Waals surface area contributed by atoms with Crippen LogP contribution >= 0.6 is 11.6 Å². The summed E-state index contributed by atoms with van der Waals surface area (Å²) in [4.78, 5) is 0.260. The van der Waals surface area contributed by atoms with Crippen LogP contribution < -0.4 is 4.74 Å². The lowest BCUT2D eigenvalue weighted by Crippen LogP contribution is -2.29. The monoisotopic (exact) mass is 433 g/mol. The van der Waals surface area contributed by atoms with Crippen LogP contribution in [-0.4, -0.2) is 52.2 Å². The van der Waals surface area contributed by atoms with E-state index in [1.807, 2.05) is 6.07 Å². The predicted octanol–water partition coefficient (Wildman–Crippen LogP) is 2.74. The average molecular weight is 434 g/mol. The van der Waals surface area contributed by atoms with Crippen molar-refractivity contribution in [1.82, 2.24) is 24.1 Å². The Hall–Kier alpha value is -2.23. The minimum absolute atomic E-state index is 0.110. The highest BCUT2D eigenvalue weighted by Gasteiger charge is 2.33. The Labute approximate surface area is 173 Å². The maximum atomic E-state index is 12.8. The second-order valence-electron chi connectivity index (χ2n) is 7.56. The van der Waals surface area contributed by atoms with E-state index in [9.17, 15) is 8.42 Å². The molecule has 10 heteroatoms. The largest absolute Gasteiger partial charge is 0.476 e. The van der Waals surface area contributed by atoms with Crippen LogP contribution in [0.2, 0.25) is 5.02 Å². The van der Waals surface area contributed by atoms with Crippen LogP contribution in [0, 0.1) is 5.92 Å². The summed E-state index contributed by atoms with van der Waals surface area (Å²) in [5.41, 5.74) is 0.709. The molecule has 0 spiro atoms. The predicted molar refractivity (Wildman–Crippen MR) is 107 cm³/mol. The molecular formula is C19H20ClN5O3S. The highest BCUT2D eigenvalue weighted by atomic mass is 35.5. The van der Waals surface area contributed by atoms with Gasteiger partial charge in [0.05, 0.1) is 11.5 Å². The van der Waals surface area contributed by atoms with Crippen molar-refractivity contribution >= 4 is 27.3 Å². The maximum Gasteiger partial charge on any atom is 0.243 e. The third-order valence-electron chi connectivity index (χ3n) is 5.37. The molecule has 29 heavy (non-hydrogen) atoms. The number of hydrogen-bond donors (Lipinski definition) is 0. The minimum Gasteiger partial charge on any atom is -0.476 e. The van der Waals surface area contributed by atoms with Gasteiger partial charge in [-0.1, -0.05) is 11.6 Å². The van der Waals surface area contributed by atoms with Crippen LogP contribution in [0.3, 0.4) is 0 Å². The number of nitrogens with zero attached hydrogens (tertiary/aromatic N) is 5. The van der Waals surface area contributed by atoms with Crippen LogP contribution in [0.15, 0.2) is 41.3 Å². The van der Waals surface area contributed by atoms with E-state index >= 15 is 0 Å². The molecule has 1 saturated carbocycles. The average Bonchev–Trinajstić information content (AvgIpc) is 3.28. The first-order chi connectivity index (χ1) is 14.0. The molecule has 1 unspecified atom stereocenters. The molecule has 1 aliphatic heterocycles. The third kappa shape index (κ3) is 3.70. The molecule has 0 N–H and O–H groups in total. The number of rotatable bonds is 6. The van der Waals surface area contributed by atoms with Gasteiger partial charge in [-0.25, -0.2) is 8.42 Å². The van der Waals surface area contributed by atoms with Gasteiger partial charge in [-0.15, -0.1) is 15.3 Å². The van der Waals surface area contributed by atoms with E-state index in [1.165, 1.54) is 16.4 Å². The Morgan fingerprint density at radius 2 is 1.86 bits per heavy atom. The molecule has 2 aromatic heterocycles. The zero-order chi connectivity index (χ0) is 20.0. The van der Waals surface area contributed by atoms with Gasteiger partial charge < -0.3 is 4.74 Å². The van der Waals surface area contributed by atoms with Crippen LogP contribution in [0.5, 0.6) is 5.88 Å². The molecule has 1 saturated heterocycles. The number of ether oxygens (including phenoxy) is 1. The fourth-order valence-electron chi connectivity index (χ4n) is 3.57. The molecule has 3 heterocycles. The van der Waals surface area contributed by atoms with Gasteiger partial charge in [0.25, 0.3) is 0 Å². The third-order valence-corrected chi connectivity index (χ3v) is 7.50. The summed E-state index contributed by atoms with van der Waals surface area (Å²) < 4.78 is 34.7. The molecule has 0 bridgehead atoms. The molecule has 2 aliphatic rings. The SMILES string of the molecule is O=S(=O)(c1ccc(Cl)cc1)N1CCC(COc2ccc3nnc(C4CC4)n3n2)C1. The van der Waals surface area contributed by atoms with Crippen molar-refractivity contribution in [3.8, 4) is 5.88 Å². The molecule has 1 atom stereocenters. The van der Waals surface area contributed by atoms with Gasteiger partial charge in [-0.3, -0.25) is 0 Å². The molecule has 0 amide bonds. The van der Waals surface area contributed by atoms with Crippen LogP contribution in [-0.2, 0) is 10.0 Å². The number of benzene rings is 1. The van der Waals surface area contributed by atoms with E-state index in [0.717, 1.165) is 25.1 Å². The maximum absolute atomic E-state index is 12.8. The van der Waals surface area contributed by atoms with Crippen LogP contribution in [0.25, 0.3) is 5.65 Å². The molecule has 1 aromatic carbocycles. The van der Waals surface area contributed by atoms with Crippen molar-refractivity contribution in [2.24, 2.45) is 5.92 Å². The summed E-state index contributed by atoms with van der Waals surface area (Å²) in [6.07, 6.45) is 2.98. The number of aromatic nitrogens is 4. The Morgan fingerprint density at radius 1 is 1.07 bits per heavy atom. The van der Waals surface area contributed by atoms with Crippen LogP contribution in [0.4, 0.5) is 0 Å². The topological polar surface area (TPSA) is 89.7 Å². The number of hydrogen-bond acceptors (Lipinski definition) is 6. The van der Waals surface area contributed by atoms with Crippen molar-refractivity contribution in [3.63, 3.8) is 0 Å². The summed E-state index contributed by atoms with van der Waals surface area (Å²) in [6.45, 7) is 1.31. The molecular weight excluding hydrogens is 414 g/mol. The van der Waals surface area contributed by atoms with E-state index in [-0.39, 0.29) is 10.8 Å². The van der Waals surface area contributed by atoms with Crippen molar-refractivity contribution in [1.29, 1.82) is 0 Å². The molecule has 3 aromatic rings. The zero-order valence-electron chi connectivity index (χ0n) is 15.6. The Bertz CT molecular complexity index is 1140. The Kier molecular flexibility index (Phi) is 4.68. The van der Waals surface area contributed by atoms with E-state index < -0.39 is 10.0 Å². The van der Waals surface area contributed by atoms with Gasteiger partial charge in [0.15, 0.2) is 11.5 Å². The quantitative estimate of drug-likeness (QED) is 0.593. The summed E-state index contributed by atoms with van der Waals surface area (Å²) in [5.74, 6) is 1.93. The summed E-state index contributed by atoms with van der Waals surface area (Å²) in [6, 6.07) is 9.88. The highest BCUT2D eigenvalue weighted by Crippen LogP contribution is 2.38. The second-order valence-corrected chi connectivity index (χ2v) is 9.93. The van der Waals surface area contributed by atoms with E-state index in [2.05, 4.69) is 15.3 Å². The van der Waals surface area contributed by atoms with Gasteiger partial charge in [0.2, 0.25) is 15.9 Å². The lowest BCUT2D eigenvalue weighted by atomic mass is 10.1. The first-order valence-electron chi connectivity index (χ1n) is 9.61. The van der Waals surface area contributed by atoms with Crippen molar-refractivity contribution in [3.05, 3.63) is 47.2 Å². The van der Waals surface area contributed by atoms with E-state index in [4.69, 9.17) is 16.3 Å². The molecule has 2 fully saturated rings. The molecule has 8 nitrogen and oxygen atoms in total. The van der Waals surface area contributed by atoms with Gasteiger partial charge in [-0.05, 0) is 49.6 Å². The van der Waals surface area contributed by atoms with Crippen LogP contribution in [0.1, 0.15) is 31.0 Å². The van der Waals surface area contributed by atoms with E-state index in [0.29, 0.717) is 42.2 Å².